The number of aryl methyl sites for hydroxylation is 2. The van der Waals surface area contributed by atoms with Gasteiger partial charge in [-0.15, -0.1) is 5.10 Å². The summed E-state index contributed by atoms with van der Waals surface area (Å²) in [7, 11) is 1.77. The Balaban J connectivity index is 1.32. The van der Waals surface area contributed by atoms with E-state index in [1.165, 1.54) is 12.1 Å². The minimum absolute atomic E-state index is 0.264. The second-order valence-corrected chi connectivity index (χ2v) is 9.03. The van der Waals surface area contributed by atoms with Crippen LogP contribution in [0.15, 0.2) is 47.6 Å². The standard InChI is InChI=1S/C25H31FN8O2/c1-3-17-11-20(24-29-31-32-33(24)2)13-22(12-17)28-25(35)27-14-18-5-4-10-34(15-18)16-23(30-36)19-6-8-21(26)9-7-19/h6-9,11-13,18,36H,3-5,10,14-16H2,1-2H3,(H2,27,28,35). The number of aromatic nitrogens is 4. The normalized spacial score (nSPS) is 16.6. The molecule has 3 aromatic rings. The minimum Gasteiger partial charge on any atom is -0.411 e. The van der Waals surface area contributed by atoms with E-state index < -0.39 is 0 Å². The number of oxime groups is 1. The third-order valence-corrected chi connectivity index (χ3v) is 6.36. The van der Waals surface area contributed by atoms with E-state index in [9.17, 15) is 14.4 Å². The van der Waals surface area contributed by atoms with Gasteiger partial charge in [0.15, 0.2) is 5.82 Å². The number of amides is 2. The van der Waals surface area contributed by atoms with Crippen LogP contribution in [0, 0.1) is 11.7 Å². The van der Waals surface area contributed by atoms with Crippen molar-refractivity contribution < 1.29 is 14.4 Å². The first-order valence-electron chi connectivity index (χ1n) is 12.1. The van der Waals surface area contributed by atoms with Crippen molar-refractivity contribution in [3.05, 3.63) is 59.4 Å². The van der Waals surface area contributed by atoms with Crippen molar-refractivity contribution in [2.45, 2.75) is 26.2 Å². The molecule has 1 atom stereocenters. The molecule has 1 aromatic heterocycles. The predicted octanol–water partition coefficient (Wildman–Crippen LogP) is 3.29. The van der Waals surface area contributed by atoms with Crippen LogP contribution in [-0.2, 0) is 13.5 Å². The van der Waals surface area contributed by atoms with Gasteiger partial charge in [0.2, 0.25) is 0 Å². The molecule has 0 saturated carbocycles. The van der Waals surface area contributed by atoms with Crippen molar-refractivity contribution in [3.8, 4) is 11.4 Å². The molecule has 36 heavy (non-hydrogen) atoms. The van der Waals surface area contributed by atoms with Crippen molar-refractivity contribution in [2.24, 2.45) is 18.1 Å². The molecule has 0 bridgehead atoms. The lowest BCUT2D eigenvalue weighted by atomic mass is 9.97. The smallest absolute Gasteiger partial charge is 0.319 e. The minimum atomic E-state index is -0.332. The first-order valence-corrected chi connectivity index (χ1v) is 12.1. The van der Waals surface area contributed by atoms with E-state index in [0.717, 1.165) is 43.5 Å². The number of carbonyl (C=O) groups excluding carboxylic acids is 1. The lowest BCUT2D eigenvalue weighted by Crippen LogP contribution is -2.43. The fourth-order valence-corrected chi connectivity index (χ4v) is 4.48. The maximum Gasteiger partial charge on any atom is 0.319 e. The summed E-state index contributed by atoms with van der Waals surface area (Å²) in [5, 5.41) is 30.5. The summed E-state index contributed by atoms with van der Waals surface area (Å²) in [5.41, 5.74) is 3.76. The van der Waals surface area contributed by atoms with Crippen molar-refractivity contribution in [1.29, 1.82) is 0 Å². The van der Waals surface area contributed by atoms with E-state index in [0.29, 0.717) is 35.9 Å². The summed E-state index contributed by atoms with van der Waals surface area (Å²) in [6.07, 6.45) is 2.78. The number of benzene rings is 2. The Kier molecular flexibility index (Phi) is 8.21. The topological polar surface area (TPSA) is 121 Å². The average Bonchev–Trinajstić information content (AvgIpc) is 3.32. The molecular weight excluding hydrogens is 463 g/mol. The van der Waals surface area contributed by atoms with Crippen LogP contribution in [0.1, 0.15) is 30.9 Å². The molecule has 1 saturated heterocycles. The molecule has 4 rings (SSSR count). The second kappa shape index (κ2) is 11.7. The first kappa shape index (κ1) is 25.2. The highest BCUT2D eigenvalue weighted by molar-refractivity contribution is 6.01. The Morgan fingerprint density at radius 3 is 2.75 bits per heavy atom. The van der Waals surface area contributed by atoms with Crippen molar-refractivity contribution >= 4 is 17.4 Å². The van der Waals surface area contributed by atoms with Crippen LogP contribution in [0.4, 0.5) is 14.9 Å². The Bertz CT molecular complexity index is 1210. The van der Waals surface area contributed by atoms with Crippen LogP contribution in [0.2, 0.25) is 0 Å². The molecule has 2 amide bonds. The number of carbonyl (C=O) groups is 1. The van der Waals surface area contributed by atoms with Gasteiger partial charge >= 0.3 is 6.03 Å². The van der Waals surface area contributed by atoms with E-state index in [-0.39, 0.29) is 17.8 Å². The molecule has 0 spiro atoms. The van der Waals surface area contributed by atoms with Crippen LogP contribution < -0.4 is 10.6 Å². The van der Waals surface area contributed by atoms with E-state index >= 15 is 0 Å². The van der Waals surface area contributed by atoms with E-state index in [4.69, 9.17) is 0 Å². The molecule has 1 unspecified atom stereocenters. The molecule has 190 valence electrons. The second-order valence-electron chi connectivity index (χ2n) is 9.03. The number of likely N-dealkylation sites (tertiary alicyclic amines) is 1. The summed E-state index contributed by atoms with van der Waals surface area (Å²) in [4.78, 5) is 14.9. The third kappa shape index (κ3) is 6.42. The summed E-state index contributed by atoms with van der Waals surface area (Å²) < 4.78 is 14.8. The largest absolute Gasteiger partial charge is 0.411 e. The SMILES string of the molecule is CCc1cc(NC(=O)NCC2CCCN(CC(=NO)c3ccc(F)cc3)C2)cc(-c2nnnn2C)c1. The fourth-order valence-electron chi connectivity index (χ4n) is 4.48. The molecule has 0 aliphatic carbocycles. The van der Waals surface area contributed by atoms with E-state index in [2.05, 4.69) is 43.1 Å². The van der Waals surface area contributed by atoms with Crippen molar-refractivity contribution in [3.63, 3.8) is 0 Å². The Labute approximate surface area is 209 Å². The zero-order valence-corrected chi connectivity index (χ0v) is 20.5. The van der Waals surface area contributed by atoms with Gasteiger partial charge in [-0.2, -0.15) is 0 Å². The average molecular weight is 495 g/mol. The van der Waals surface area contributed by atoms with Crippen molar-refractivity contribution in [2.75, 3.05) is 31.5 Å². The quantitative estimate of drug-likeness (QED) is 0.251. The monoisotopic (exact) mass is 494 g/mol. The van der Waals surface area contributed by atoms with Crippen LogP contribution in [0.5, 0.6) is 0 Å². The number of rotatable bonds is 8. The van der Waals surface area contributed by atoms with Gasteiger partial charge in [0, 0.05) is 43.5 Å². The number of anilines is 1. The molecule has 3 N–H and O–H groups in total. The number of hydrogen-bond acceptors (Lipinski definition) is 7. The zero-order chi connectivity index (χ0) is 25.5. The van der Waals surface area contributed by atoms with Gasteiger partial charge in [-0.1, -0.05) is 24.2 Å². The Hall–Kier alpha value is -3.86. The maximum absolute atomic E-state index is 13.2. The van der Waals surface area contributed by atoms with Crippen LogP contribution >= 0.6 is 0 Å². The summed E-state index contributed by atoms with van der Waals surface area (Å²) in [6.45, 7) is 4.66. The van der Waals surface area contributed by atoms with Crippen LogP contribution in [-0.4, -0.2) is 68.2 Å². The number of halogens is 1. The lowest BCUT2D eigenvalue weighted by molar-refractivity contribution is 0.191. The molecule has 1 aliphatic heterocycles. The number of piperidine rings is 1. The van der Waals surface area contributed by atoms with Gasteiger partial charge in [-0.05, 0) is 78.0 Å². The van der Waals surface area contributed by atoms with Gasteiger partial charge < -0.3 is 15.8 Å². The number of nitrogens with one attached hydrogen (secondary N) is 2. The van der Waals surface area contributed by atoms with Crippen LogP contribution in [0.25, 0.3) is 11.4 Å². The number of nitrogens with zero attached hydrogens (tertiary/aromatic N) is 6. The number of hydrogen-bond donors (Lipinski definition) is 3. The zero-order valence-electron chi connectivity index (χ0n) is 20.5. The summed E-state index contributed by atoms with van der Waals surface area (Å²) in [5.74, 6) is 0.559. The van der Waals surface area contributed by atoms with Crippen molar-refractivity contribution in [1.82, 2.24) is 30.4 Å². The molecule has 11 heteroatoms. The Morgan fingerprint density at radius 2 is 2.06 bits per heavy atom. The third-order valence-electron chi connectivity index (χ3n) is 6.36. The molecular formula is C25H31FN8O2. The lowest BCUT2D eigenvalue weighted by Gasteiger charge is -2.32. The number of urea groups is 1. The predicted molar refractivity (Wildman–Crippen MR) is 135 cm³/mol. The van der Waals surface area contributed by atoms with Gasteiger partial charge in [-0.3, -0.25) is 4.90 Å². The van der Waals surface area contributed by atoms with Gasteiger partial charge in [0.25, 0.3) is 0 Å². The van der Waals surface area contributed by atoms with Crippen LogP contribution in [0.3, 0.4) is 0 Å². The fraction of sp³-hybridized carbons (Fsp3) is 0.400. The van der Waals surface area contributed by atoms with Gasteiger partial charge in [-0.25, -0.2) is 13.9 Å². The molecule has 2 heterocycles. The molecule has 1 fully saturated rings. The summed E-state index contributed by atoms with van der Waals surface area (Å²) in [6, 6.07) is 11.5. The molecule has 10 nitrogen and oxygen atoms in total. The maximum atomic E-state index is 13.2. The van der Waals surface area contributed by atoms with Gasteiger partial charge in [0.1, 0.15) is 11.5 Å². The number of tetrazole rings is 1. The highest BCUT2D eigenvalue weighted by Crippen LogP contribution is 2.23. The highest BCUT2D eigenvalue weighted by Gasteiger charge is 2.22. The van der Waals surface area contributed by atoms with E-state index in [1.54, 1.807) is 23.9 Å². The highest BCUT2D eigenvalue weighted by atomic mass is 19.1. The molecule has 2 aromatic carbocycles. The molecule has 0 radical (unpaired) electrons. The Morgan fingerprint density at radius 1 is 1.25 bits per heavy atom. The van der Waals surface area contributed by atoms with E-state index in [1.807, 2.05) is 18.2 Å². The first-order chi connectivity index (χ1) is 17.4. The molecule has 1 aliphatic rings. The summed E-state index contributed by atoms with van der Waals surface area (Å²) >= 11 is 0. The van der Waals surface area contributed by atoms with Gasteiger partial charge in [0.05, 0.1) is 0 Å².